The summed E-state index contributed by atoms with van der Waals surface area (Å²) >= 11 is 0. The van der Waals surface area contributed by atoms with Crippen LogP contribution in [0.4, 0.5) is 4.79 Å². The van der Waals surface area contributed by atoms with E-state index < -0.39 is 5.54 Å². The van der Waals surface area contributed by atoms with Crippen LogP contribution in [0.15, 0.2) is 48.8 Å². The predicted molar refractivity (Wildman–Crippen MR) is 120 cm³/mol. The first kappa shape index (κ1) is 22.0. The largest absolute Gasteiger partial charge is 0.334 e. The summed E-state index contributed by atoms with van der Waals surface area (Å²) in [5, 5.41) is 2.88. The molecule has 2 fully saturated rings. The summed E-state index contributed by atoms with van der Waals surface area (Å²) in [5.74, 6) is -0.275. The van der Waals surface area contributed by atoms with E-state index >= 15 is 0 Å². The Hall–Kier alpha value is -3.22. The van der Waals surface area contributed by atoms with Crippen LogP contribution in [-0.4, -0.2) is 44.7 Å². The smallest absolute Gasteiger partial charge is 0.325 e. The zero-order chi connectivity index (χ0) is 22.6. The number of hydrogen-bond acceptors (Lipinski definition) is 4. The number of hydrogen-bond donors (Lipinski definition) is 1. The highest BCUT2D eigenvalue weighted by Crippen LogP contribution is 2.35. The Morgan fingerprint density at radius 2 is 1.75 bits per heavy atom. The Morgan fingerprint density at radius 3 is 2.41 bits per heavy atom. The number of nitrogens with one attached hydrogen (secondary N) is 1. The first-order valence-electron chi connectivity index (χ1n) is 11.4. The van der Waals surface area contributed by atoms with Crippen molar-refractivity contribution in [2.24, 2.45) is 0 Å². The molecule has 0 unspecified atom stereocenters. The summed E-state index contributed by atoms with van der Waals surface area (Å²) in [7, 11) is 0. The van der Waals surface area contributed by atoms with E-state index in [1.807, 2.05) is 24.3 Å². The van der Waals surface area contributed by atoms with Crippen LogP contribution in [0.2, 0.25) is 0 Å². The van der Waals surface area contributed by atoms with Crippen molar-refractivity contribution < 1.29 is 14.4 Å². The van der Waals surface area contributed by atoms with Crippen molar-refractivity contribution in [1.82, 2.24) is 20.1 Å². The van der Waals surface area contributed by atoms with Gasteiger partial charge in [0.15, 0.2) is 0 Å². The highest BCUT2D eigenvalue weighted by Gasteiger charge is 2.52. The van der Waals surface area contributed by atoms with Gasteiger partial charge in [-0.3, -0.25) is 19.5 Å². The lowest BCUT2D eigenvalue weighted by atomic mass is 9.98. The van der Waals surface area contributed by atoms with Crippen molar-refractivity contribution >= 4 is 17.8 Å². The molecule has 1 N–H and O–H groups in total. The summed E-state index contributed by atoms with van der Waals surface area (Å²) in [5.41, 5.74) is 2.49. The fourth-order valence-corrected chi connectivity index (χ4v) is 4.61. The first-order valence-corrected chi connectivity index (χ1v) is 11.4. The summed E-state index contributed by atoms with van der Waals surface area (Å²) in [6.07, 6.45) is 7.76. The number of imide groups is 1. The SMILES string of the molecule is CCc1ccc(CN(Cc2cccnc2)C(=O)CCN2C(=O)NC3(CCCC3)C2=O)cc1. The number of aromatic nitrogens is 1. The molecule has 7 nitrogen and oxygen atoms in total. The quantitative estimate of drug-likeness (QED) is 0.646. The summed E-state index contributed by atoms with van der Waals surface area (Å²) in [6, 6.07) is 11.7. The Kier molecular flexibility index (Phi) is 6.53. The molecule has 1 saturated heterocycles. The molecule has 2 aromatic rings. The number of pyridine rings is 1. The molecule has 1 aliphatic carbocycles. The first-order chi connectivity index (χ1) is 15.5. The molecule has 1 spiro atoms. The van der Waals surface area contributed by atoms with Gasteiger partial charge >= 0.3 is 6.03 Å². The van der Waals surface area contributed by atoms with Crippen LogP contribution in [0.1, 0.15) is 55.7 Å². The van der Waals surface area contributed by atoms with E-state index in [-0.39, 0.29) is 30.8 Å². The number of rotatable bonds is 8. The van der Waals surface area contributed by atoms with Crippen molar-refractivity contribution in [2.75, 3.05) is 6.54 Å². The Morgan fingerprint density at radius 1 is 1.06 bits per heavy atom. The normalized spacial score (nSPS) is 17.1. The van der Waals surface area contributed by atoms with Crippen LogP contribution >= 0.6 is 0 Å². The van der Waals surface area contributed by atoms with Gasteiger partial charge < -0.3 is 10.2 Å². The maximum absolute atomic E-state index is 13.2. The highest BCUT2D eigenvalue weighted by molar-refractivity contribution is 6.07. The maximum Gasteiger partial charge on any atom is 0.325 e. The second kappa shape index (κ2) is 9.51. The van der Waals surface area contributed by atoms with Crippen molar-refractivity contribution in [3.05, 3.63) is 65.5 Å². The summed E-state index contributed by atoms with van der Waals surface area (Å²) in [4.78, 5) is 45.6. The third-order valence-corrected chi connectivity index (χ3v) is 6.51. The van der Waals surface area contributed by atoms with Gasteiger partial charge in [-0.25, -0.2) is 4.79 Å². The Bertz CT molecular complexity index is 968. The van der Waals surface area contributed by atoms with E-state index in [4.69, 9.17) is 0 Å². The molecule has 0 bridgehead atoms. The molecule has 32 heavy (non-hydrogen) atoms. The average Bonchev–Trinajstić information content (AvgIpc) is 3.37. The Labute approximate surface area is 188 Å². The lowest BCUT2D eigenvalue weighted by Gasteiger charge is -2.24. The van der Waals surface area contributed by atoms with Crippen LogP contribution in [0.25, 0.3) is 0 Å². The van der Waals surface area contributed by atoms with E-state index in [2.05, 4.69) is 29.4 Å². The van der Waals surface area contributed by atoms with Crippen molar-refractivity contribution in [3.8, 4) is 0 Å². The summed E-state index contributed by atoms with van der Waals surface area (Å²) < 4.78 is 0. The monoisotopic (exact) mass is 434 g/mol. The number of amides is 4. The molecule has 2 aliphatic rings. The zero-order valence-electron chi connectivity index (χ0n) is 18.5. The number of aryl methyl sites for hydroxylation is 1. The minimum absolute atomic E-state index is 0.0959. The van der Waals surface area contributed by atoms with Crippen molar-refractivity contribution in [1.29, 1.82) is 0 Å². The van der Waals surface area contributed by atoms with Gasteiger partial charge in [-0.1, -0.05) is 50.1 Å². The van der Waals surface area contributed by atoms with Gasteiger partial charge in [0.2, 0.25) is 5.91 Å². The topological polar surface area (TPSA) is 82.6 Å². The van der Waals surface area contributed by atoms with Gasteiger partial charge in [0.25, 0.3) is 5.91 Å². The van der Waals surface area contributed by atoms with E-state index in [9.17, 15) is 14.4 Å². The van der Waals surface area contributed by atoms with Crippen molar-refractivity contribution in [2.45, 2.75) is 64.1 Å². The molecule has 4 rings (SSSR count). The minimum atomic E-state index is -0.740. The number of benzene rings is 1. The Balaban J connectivity index is 1.44. The standard InChI is InChI=1S/C25H30N4O3/c1-2-19-7-9-20(10-8-19)17-28(18-21-6-5-14-26-16-21)22(30)11-15-29-23(31)25(27-24(29)32)12-3-4-13-25/h5-10,14,16H,2-4,11-13,15,17-18H2,1H3,(H,27,32). The van der Waals surface area contributed by atoms with Crippen LogP contribution in [0.3, 0.4) is 0 Å². The van der Waals surface area contributed by atoms with Gasteiger partial charge in [0.1, 0.15) is 5.54 Å². The van der Waals surface area contributed by atoms with E-state index in [1.165, 1.54) is 10.5 Å². The molecule has 4 amide bonds. The number of carbonyl (C=O) groups is 3. The van der Waals surface area contributed by atoms with Gasteiger partial charge in [0, 0.05) is 38.4 Å². The van der Waals surface area contributed by atoms with E-state index in [0.717, 1.165) is 30.4 Å². The van der Waals surface area contributed by atoms with E-state index in [1.54, 1.807) is 17.3 Å². The number of urea groups is 1. The third kappa shape index (κ3) is 4.66. The molecule has 168 valence electrons. The molecule has 0 atom stereocenters. The van der Waals surface area contributed by atoms with E-state index in [0.29, 0.717) is 25.9 Å². The molecule has 1 aromatic carbocycles. The highest BCUT2D eigenvalue weighted by atomic mass is 16.2. The van der Waals surface area contributed by atoms with Gasteiger partial charge in [-0.05, 0) is 42.0 Å². The molecule has 2 heterocycles. The predicted octanol–water partition coefficient (Wildman–Crippen LogP) is 3.43. The number of carbonyl (C=O) groups excluding carboxylic acids is 3. The second-order valence-corrected chi connectivity index (χ2v) is 8.71. The molecule has 7 heteroatoms. The number of nitrogens with zero attached hydrogens (tertiary/aromatic N) is 3. The molecule has 1 aliphatic heterocycles. The van der Waals surface area contributed by atoms with Crippen LogP contribution in [-0.2, 0) is 29.1 Å². The average molecular weight is 435 g/mol. The van der Waals surface area contributed by atoms with Gasteiger partial charge in [-0.15, -0.1) is 0 Å². The van der Waals surface area contributed by atoms with Gasteiger partial charge in [-0.2, -0.15) is 0 Å². The van der Waals surface area contributed by atoms with Crippen molar-refractivity contribution in [3.63, 3.8) is 0 Å². The molecule has 0 radical (unpaired) electrons. The lowest BCUT2D eigenvalue weighted by molar-refractivity contribution is -0.134. The second-order valence-electron chi connectivity index (χ2n) is 8.71. The zero-order valence-corrected chi connectivity index (χ0v) is 18.5. The minimum Gasteiger partial charge on any atom is -0.334 e. The maximum atomic E-state index is 13.2. The fourth-order valence-electron chi connectivity index (χ4n) is 4.61. The summed E-state index contributed by atoms with van der Waals surface area (Å²) in [6.45, 7) is 3.09. The van der Waals surface area contributed by atoms with Crippen LogP contribution < -0.4 is 5.32 Å². The van der Waals surface area contributed by atoms with Crippen LogP contribution in [0, 0.1) is 0 Å². The molecular weight excluding hydrogens is 404 g/mol. The van der Waals surface area contributed by atoms with Gasteiger partial charge in [0.05, 0.1) is 0 Å². The van der Waals surface area contributed by atoms with Crippen LogP contribution in [0.5, 0.6) is 0 Å². The molecular formula is C25H30N4O3. The molecule has 1 aromatic heterocycles. The molecule has 1 saturated carbocycles. The lowest BCUT2D eigenvalue weighted by Crippen LogP contribution is -2.44. The third-order valence-electron chi connectivity index (χ3n) is 6.51. The fraction of sp³-hybridized carbons (Fsp3) is 0.440.